The molecule has 2 saturated heterocycles. The fourth-order valence-corrected chi connectivity index (χ4v) is 6.70. The average molecular weight is 413 g/mol. The molecule has 96 valence electrons. The van der Waals surface area contributed by atoms with Gasteiger partial charge < -0.3 is 14.8 Å². The van der Waals surface area contributed by atoms with Crippen LogP contribution in [0.3, 0.4) is 0 Å². The van der Waals surface area contributed by atoms with Gasteiger partial charge in [-0.3, -0.25) is 4.79 Å². The van der Waals surface area contributed by atoms with Crippen LogP contribution in [0.2, 0.25) is 0 Å². The smallest absolute Gasteiger partial charge is 0.548 e. The number of amides is 1. The fourth-order valence-electron chi connectivity index (χ4n) is 2.27. The van der Waals surface area contributed by atoms with Crippen LogP contribution in [-0.2, 0) is 19.4 Å². The third-order valence-corrected chi connectivity index (χ3v) is 8.28. The second kappa shape index (κ2) is 4.42. The summed E-state index contributed by atoms with van der Waals surface area (Å²) in [5.41, 5.74) is 0. The Morgan fingerprint density at radius 2 is 1.83 bits per heavy atom. The first-order chi connectivity index (χ1) is 7.47. The molecule has 2 rings (SSSR count). The zero-order chi connectivity index (χ0) is 13.4. The van der Waals surface area contributed by atoms with Crippen LogP contribution in [0.4, 0.5) is 0 Å². The summed E-state index contributed by atoms with van der Waals surface area (Å²) in [4.78, 5) is 23.6. The molecule has 18 heavy (non-hydrogen) atoms. The number of halogens is 2. The summed E-state index contributed by atoms with van der Waals surface area (Å²) in [6.07, 6.45) is 0. The number of carbonyl (C=O) groups excluding carboxylic acids is 2. The number of aliphatic carboxylic acids is 1. The van der Waals surface area contributed by atoms with Crippen molar-refractivity contribution < 1.29 is 52.7 Å². The molecule has 2 heterocycles. The third kappa shape index (κ3) is 1.70. The number of rotatable bonds is 1. The maximum Gasteiger partial charge on any atom is 1.00 e. The molecule has 6 nitrogen and oxygen atoms in total. The number of alkyl halides is 2. The summed E-state index contributed by atoms with van der Waals surface area (Å²) in [5, 5.41) is 9.83. The van der Waals surface area contributed by atoms with Crippen molar-refractivity contribution in [3.05, 3.63) is 0 Å². The molecule has 0 radical (unpaired) electrons. The maximum absolute atomic E-state index is 12.2. The quantitative estimate of drug-likeness (QED) is 0.248. The maximum atomic E-state index is 12.2. The Kier molecular flexibility index (Phi) is 4.15. The van der Waals surface area contributed by atoms with Gasteiger partial charge in [0.15, 0.2) is 18.4 Å². The van der Waals surface area contributed by atoms with E-state index in [-0.39, 0.29) is 29.6 Å². The zero-order valence-electron chi connectivity index (χ0n) is 9.81. The molecule has 0 aromatic carbocycles. The molecule has 0 N–H and O–H groups in total. The minimum Gasteiger partial charge on any atom is -0.548 e. The number of carboxylic acids is 1. The molecule has 10 heteroatoms. The molecule has 2 unspecified atom stereocenters. The van der Waals surface area contributed by atoms with E-state index in [4.69, 9.17) is 0 Å². The minimum atomic E-state index is -3.81. The van der Waals surface area contributed by atoms with Gasteiger partial charge >= 0.3 is 29.6 Å². The van der Waals surface area contributed by atoms with Crippen LogP contribution in [0.5, 0.6) is 0 Å². The molecule has 0 aliphatic carbocycles. The Balaban J connectivity index is 0.00000162. The Morgan fingerprint density at radius 1 is 1.39 bits per heavy atom. The number of hydrogen-bond acceptors (Lipinski definition) is 5. The van der Waals surface area contributed by atoms with Crippen molar-refractivity contribution in [3.8, 4) is 0 Å². The molecular weight excluding hydrogens is 405 g/mol. The van der Waals surface area contributed by atoms with Crippen molar-refractivity contribution in [3.63, 3.8) is 0 Å². The number of nitrogens with zero attached hydrogens (tertiary/aromatic N) is 1. The van der Waals surface area contributed by atoms with Gasteiger partial charge in [0.25, 0.3) is 5.91 Å². The predicted octanol–water partition coefficient (Wildman–Crippen LogP) is -4.03. The normalized spacial score (nSPS) is 34.2. The number of carbonyl (C=O) groups is 2. The summed E-state index contributed by atoms with van der Waals surface area (Å²) in [6.45, 7) is 2.56. The number of β-lactam (4-membered cyclic amide) rings is 1. The molecule has 0 spiro atoms. The van der Waals surface area contributed by atoms with Crippen molar-refractivity contribution in [2.24, 2.45) is 0 Å². The molecule has 2 atom stereocenters. The van der Waals surface area contributed by atoms with Crippen molar-refractivity contribution >= 4 is 53.6 Å². The Hall–Kier alpha value is 0.850. The summed E-state index contributed by atoms with van der Waals surface area (Å²) in [5.74, 6) is -2.18. The van der Waals surface area contributed by atoms with Gasteiger partial charge in [-0.05, 0) is 13.8 Å². The van der Waals surface area contributed by atoms with E-state index in [1.165, 1.54) is 13.8 Å². The van der Waals surface area contributed by atoms with Crippen LogP contribution in [0.25, 0.3) is 0 Å². The summed E-state index contributed by atoms with van der Waals surface area (Å²) < 4.78 is 21.4. The van der Waals surface area contributed by atoms with Crippen LogP contribution in [-0.4, -0.2) is 44.6 Å². The molecule has 1 amide bonds. The first kappa shape index (κ1) is 16.9. The van der Waals surface area contributed by atoms with E-state index in [0.717, 1.165) is 4.90 Å². The van der Waals surface area contributed by atoms with Gasteiger partial charge in [-0.1, -0.05) is 31.9 Å². The van der Waals surface area contributed by atoms with Gasteiger partial charge in [-0.15, -0.1) is 0 Å². The molecule has 0 aromatic heterocycles. The SMILES string of the molecule is CC1(C)C(C(=O)[O-])N2C(=O)C(Br)(Br)C2S1(=O)=O.[Na+]. The van der Waals surface area contributed by atoms with E-state index in [9.17, 15) is 23.1 Å². The Morgan fingerprint density at radius 3 is 2.22 bits per heavy atom. The van der Waals surface area contributed by atoms with Crippen LogP contribution >= 0.6 is 31.9 Å². The number of sulfone groups is 1. The van der Waals surface area contributed by atoms with E-state index < -0.39 is 41.1 Å². The molecule has 2 fully saturated rings. The van der Waals surface area contributed by atoms with E-state index >= 15 is 0 Å². The van der Waals surface area contributed by atoms with E-state index in [1.54, 1.807) is 0 Å². The molecule has 0 aromatic rings. The van der Waals surface area contributed by atoms with Crippen LogP contribution in [0, 0.1) is 0 Å². The van der Waals surface area contributed by atoms with Crippen LogP contribution in [0.15, 0.2) is 0 Å². The van der Waals surface area contributed by atoms with Crippen molar-refractivity contribution in [1.29, 1.82) is 0 Å². The van der Waals surface area contributed by atoms with Crippen molar-refractivity contribution in [2.75, 3.05) is 0 Å². The van der Waals surface area contributed by atoms with E-state index in [0.29, 0.717) is 0 Å². The molecule has 2 aliphatic rings. The third-order valence-electron chi connectivity index (χ3n) is 3.27. The first-order valence-corrected chi connectivity index (χ1v) is 7.75. The van der Waals surface area contributed by atoms with Gasteiger partial charge in [-0.2, -0.15) is 0 Å². The first-order valence-electron chi connectivity index (χ1n) is 4.62. The zero-order valence-corrected chi connectivity index (χ0v) is 15.8. The Labute approximate surface area is 143 Å². The van der Waals surface area contributed by atoms with Gasteiger partial charge in [-0.25, -0.2) is 8.42 Å². The van der Waals surface area contributed by atoms with Crippen LogP contribution < -0.4 is 34.7 Å². The molecule has 0 bridgehead atoms. The van der Waals surface area contributed by atoms with E-state index in [1.807, 2.05) is 0 Å². The summed E-state index contributed by atoms with van der Waals surface area (Å²) in [7, 11) is -3.81. The van der Waals surface area contributed by atoms with Crippen molar-refractivity contribution in [1.82, 2.24) is 4.90 Å². The number of carboxylic acid groups (broad SMARTS) is 1. The standard InChI is InChI=1S/C8H9Br2NO5S.Na/c1-7(2)3(4(12)13)11-5(14)8(9,10)6(11)17(7,15)16;/h3,6H,1-2H3,(H,12,13);/q;+1/p-1. The molecule has 0 saturated carbocycles. The second-order valence-electron chi connectivity index (χ2n) is 4.56. The van der Waals surface area contributed by atoms with E-state index in [2.05, 4.69) is 31.9 Å². The summed E-state index contributed by atoms with van der Waals surface area (Å²) >= 11 is 5.95. The largest absolute Gasteiger partial charge is 1.00 e. The Bertz CT molecular complexity index is 532. The fraction of sp³-hybridized carbons (Fsp3) is 0.750. The topological polar surface area (TPSA) is 94.6 Å². The second-order valence-corrected chi connectivity index (χ2v) is 10.7. The molecular formula is C8H8Br2NNaO5S. The van der Waals surface area contributed by atoms with Crippen LogP contribution in [0.1, 0.15) is 13.8 Å². The monoisotopic (exact) mass is 411 g/mol. The number of hydrogen-bond donors (Lipinski definition) is 0. The number of fused-ring (bicyclic) bond motifs is 1. The average Bonchev–Trinajstić information content (AvgIpc) is 2.29. The van der Waals surface area contributed by atoms with Gasteiger partial charge in [0, 0.05) is 0 Å². The predicted molar refractivity (Wildman–Crippen MR) is 63.0 cm³/mol. The van der Waals surface area contributed by atoms with Gasteiger partial charge in [0.05, 0.1) is 16.8 Å². The van der Waals surface area contributed by atoms with Crippen molar-refractivity contribution in [2.45, 2.75) is 33.2 Å². The molecule has 2 aliphatic heterocycles. The van der Waals surface area contributed by atoms with Gasteiger partial charge in [0.1, 0.15) is 0 Å². The van der Waals surface area contributed by atoms with Gasteiger partial charge in [0.2, 0.25) is 0 Å². The minimum absolute atomic E-state index is 0. The summed E-state index contributed by atoms with van der Waals surface area (Å²) in [6, 6.07) is -1.46.